The minimum Gasteiger partial charge on any atom is -0.457 e. The van der Waals surface area contributed by atoms with E-state index in [1.807, 2.05) is 6.20 Å². The van der Waals surface area contributed by atoms with Gasteiger partial charge >= 0.3 is 0 Å². The van der Waals surface area contributed by atoms with Crippen LogP contribution in [0.25, 0.3) is 38.8 Å². The summed E-state index contributed by atoms with van der Waals surface area (Å²) in [5, 5.41) is 2.32. The molecule has 0 saturated carbocycles. The van der Waals surface area contributed by atoms with Crippen LogP contribution in [0.15, 0.2) is 206 Å². The number of benzene rings is 8. The van der Waals surface area contributed by atoms with Crippen LogP contribution in [-0.4, -0.2) is 16.2 Å². The zero-order valence-electron chi connectivity index (χ0n) is 44.0. The number of aromatic nitrogens is 2. The number of hydrogen-bond acceptors (Lipinski definition) is 4. The van der Waals surface area contributed by atoms with Gasteiger partial charge in [0, 0.05) is 51.3 Å². The van der Waals surface area contributed by atoms with Crippen LogP contribution >= 0.6 is 0 Å². The van der Waals surface area contributed by atoms with Gasteiger partial charge in [0.05, 0.1) is 22.4 Å². The second kappa shape index (κ2) is 18.0. The first-order chi connectivity index (χ1) is 34.9. The number of pyridine rings is 1. The highest BCUT2D eigenvalue weighted by molar-refractivity contribution is 6.10. The van der Waals surface area contributed by atoms with E-state index >= 15 is 0 Å². The lowest BCUT2D eigenvalue weighted by atomic mass is 9.77. The predicted molar refractivity (Wildman–Crippen MR) is 307 cm³/mol. The fourth-order valence-electron chi connectivity index (χ4n) is 10.7. The quantitative estimate of drug-likeness (QED) is 0.137. The second-order valence-electron chi connectivity index (χ2n) is 23.1. The molecule has 0 amide bonds. The van der Waals surface area contributed by atoms with Crippen molar-refractivity contribution in [3.8, 4) is 28.4 Å². The minimum absolute atomic E-state index is 0.0434. The summed E-state index contributed by atoms with van der Waals surface area (Å²) in [5.41, 5.74) is 16.0. The summed E-state index contributed by atoms with van der Waals surface area (Å²) in [7, 11) is 0. The Morgan fingerprint density at radius 2 is 1.00 bits per heavy atom. The van der Waals surface area contributed by atoms with E-state index in [0.29, 0.717) is 6.67 Å². The van der Waals surface area contributed by atoms with Crippen LogP contribution in [0.1, 0.15) is 103 Å². The minimum atomic E-state index is -0.220. The number of fused-ring (bicyclic) bond motifs is 4. The molecule has 0 fully saturated rings. The smallest absolute Gasteiger partial charge is 0.137 e. The molecule has 364 valence electrons. The summed E-state index contributed by atoms with van der Waals surface area (Å²) in [6.07, 6.45) is 1.94. The Bertz CT molecular complexity index is 3650. The molecule has 2 aromatic heterocycles. The molecule has 8 aromatic carbocycles. The fourth-order valence-corrected chi connectivity index (χ4v) is 10.7. The molecule has 0 spiro atoms. The van der Waals surface area contributed by atoms with Crippen LogP contribution in [0.2, 0.25) is 0 Å². The summed E-state index contributed by atoms with van der Waals surface area (Å²) in [6, 6.07) is 73.0. The summed E-state index contributed by atoms with van der Waals surface area (Å²) < 4.78 is 9.42. The van der Waals surface area contributed by atoms with Crippen LogP contribution in [0, 0.1) is 0 Å². The zero-order chi connectivity index (χ0) is 50.9. The largest absolute Gasteiger partial charge is 0.457 e. The molecule has 73 heavy (non-hydrogen) atoms. The van der Waals surface area contributed by atoms with Gasteiger partial charge < -0.3 is 14.5 Å². The standard InChI is InChI=1S/C68H66N4O/c1-65(2,3)50-35-36-69-64(42-50)72-60-33-29-47(46-21-14-11-15-22-46)37-59(60)58-32-31-56(44-62(58)72)73-57-40-53(66(4,5)6)39-55(43-57)71-45-70(54-28-20-27-51(38-54)67(7,8)48-23-16-12-17-24-48)63-41-52(30-34-61(63)71)68(9,10)49-25-18-13-19-26-49/h11-44H,45H2,1-10H3. The molecular weight excluding hydrogens is 889 g/mol. The van der Waals surface area contributed by atoms with E-state index in [4.69, 9.17) is 9.72 Å². The highest BCUT2D eigenvalue weighted by Gasteiger charge is 2.34. The molecule has 10 aromatic rings. The molecular formula is C68H66N4O. The number of anilines is 4. The van der Waals surface area contributed by atoms with Gasteiger partial charge in [-0.05, 0) is 128 Å². The molecule has 0 bridgehead atoms. The average Bonchev–Trinajstić information content (AvgIpc) is 3.95. The molecule has 11 rings (SSSR count). The Kier molecular flexibility index (Phi) is 11.7. The summed E-state index contributed by atoms with van der Waals surface area (Å²) in [6.45, 7) is 23.6. The molecule has 5 nitrogen and oxygen atoms in total. The van der Waals surface area contributed by atoms with Crippen molar-refractivity contribution < 1.29 is 4.74 Å². The van der Waals surface area contributed by atoms with Gasteiger partial charge in [-0.15, -0.1) is 0 Å². The van der Waals surface area contributed by atoms with Crippen LogP contribution in [0.3, 0.4) is 0 Å². The van der Waals surface area contributed by atoms with Crippen molar-refractivity contribution in [3.63, 3.8) is 0 Å². The second-order valence-corrected chi connectivity index (χ2v) is 23.1. The molecule has 1 aliphatic heterocycles. The third kappa shape index (κ3) is 8.86. The molecule has 0 aliphatic carbocycles. The Morgan fingerprint density at radius 1 is 0.384 bits per heavy atom. The molecule has 0 N–H and O–H groups in total. The van der Waals surface area contributed by atoms with Crippen molar-refractivity contribution in [1.82, 2.24) is 9.55 Å². The Balaban J connectivity index is 1.03. The van der Waals surface area contributed by atoms with Crippen LogP contribution < -0.4 is 14.5 Å². The van der Waals surface area contributed by atoms with Crippen molar-refractivity contribution in [2.75, 3.05) is 16.5 Å². The lowest BCUT2D eigenvalue weighted by Gasteiger charge is -2.29. The number of rotatable bonds is 10. The highest BCUT2D eigenvalue weighted by Crippen LogP contribution is 2.49. The van der Waals surface area contributed by atoms with E-state index in [1.165, 1.54) is 55.6 Å². The van der Waals surface area contributed by atoms with Crippen molar-refractivity contribution in [1.29, 1.82) is 0 Å². The van der Waals surface area contributed by atoms with Gasteiger partial charge in [0.1, 0.15) is 24.0 Å². The maximum Gasteiger partial charge on any atom is 0.137 e. The van der Waals surface area contributed by atoms with Crippen molar-refractivity contribution in [3.05, 3.63) is 240 Å². The number of hydrogen-bond donors (Lipinski definition) is 0. The average molecular weight is 955 g/mol. The first-order valence-corrected chi connectivity index (χ1v) is 25.8. The maximum absolute atomic E-state index is 7.11. The van der Waals surface area contributed by atoms with E-state index in [2.05, 4.69) is 284 Å². The molecule has 0 unspecified atom stereocenters. The first kappa shape index (κ1) is 47.4. The van der Waals surface area contributed by atoms with E-state index in [0.717, 1.165) is 50.8 Å². The Labute approximate surface area is 432 Å². The number of nitrogens with zero attached hydrogens (tertiary/aromatic N) is 4. The molecule has 0 saturated heterocycles. The summed E-state index contributed by atoms with van der Waals surface area (Å²) >= 11 is 0. The predicted octanol–water partition coefficient (Wildman–Crippen LogP) is 18.1. The summed E-state index contributed by atoms with van der Waals surface area (Å²) in [5.74, 6) is 2.44. The zero-order valence-corrected chi connectivity index (χ0v) is 44.0. The van der Waals surface area contributed by atoms with Crippen LogP contribution in [-0.2, 0) is 21.7 Å². The van der Waals surface area contributed by atoms with Gasteiger partial charge in [0.25, 0.3) is 0 Å². The molecule has 3 heterocycles. The van der Waals surface area contributed by atoms with Crippen LogP contribution in [0.5, 0.6) is 11.5 Å². The van der Waals surface area contributed by atoms with Crippen LogP contribution in [0.4, 0.5) is 22.7 Å². The molecule has 1 aliphatic rings. The summed E-state index contributed by atoms with van der Waals surface area (Å²) in [4.78, 5) is 9.96. The van der Waals surface area contributed by atoms with Crippen molar-refractivity contribution in [2.45, 2.75) is 90.9 Å². The van der Waals surface area contributed by atoms with Gasteiger partial charge in [-0.3, -0.25) is 4.57 Å². The van der Waals surface area contributed by atoms with Gasteiger partial charge in [0.15, 0.2) is 0 Å². The maximum atomic E-state index is 7.11. The molecule has 0 atom stereocenters. The monoisotopic (exact) mass is 955 g/mol. The van der Waals surface area contributed by atoms with Gasteiger partial charge in [-0.2, -0.15) is 0 Å². The topological polar surface area (TPSA) is 33.5 Å². The molecule has 0 radical (unpaired) electrons. The van der Waals surface area contributed by atoms with Crippen molar-refractivity contribution >= 4 is 44.6 Å². The lowest BCUT2D eigenvalue weighted by molar-refractivity contribution is 0.479. The van der Waals surface area contributed by atoms with E-state index in [-0.39, 0.29) is 21.7 Å². The fraction of sp³-hybridized carbons (Fsp3) is 0.221. The molecule has 5 heteroatoms. The normalized spacial score (nSPS) is 13.2. The lowest BCUT2D eigenvalue weighted by Crippen LogP contribution is -2.25. The SMILES string of the molecule is CC(C)(C)c1cc(Oc2ccc3c4cc(-c5ccccc5)ccc4n(-c4cc(C(C)(C)C)ccn4)c3c2)cc(N2CN(c3cccc(C(C)(C)c4ccccc4)c3)c3cc(C(C)(C)c4ccccc4)ccc32)c1. The third-order valence-corrected chi connectivity index (χ3v) is 15.4. The first-order valence-electron chi connectivity index (χ1n) is 25.8. The van der Waals surface area contributed by atoms with E-state index in [9.17, 15) is 0 Å². The van der Waals surface area contributed by atoms with Gasteiger partial charge in [-0.25, -0.2) is 4.98 Å². The van der Waals surface area contributed by atoms with E-state index < -0.39 is 0 Å². The number of ether oxygens (including phenoxy) is 1. The third-order valence-electron chi connectivity index (χ3n) is 15.4. The highest BCUT2D eigenvalue weighted by atomic mass is 16.5. The van der Waals surface area contributed by atoms with Crippen molar-refractivity contribution in [2.24, 2.45) is 0 Å². The van der Waals surface area contributed by atoms with Gasteiger partial charge in [0.2, 0.25) is 0 Å². The van der Waals surface area contributed by atoms with E-state index in [1.54, 1.807) is 0 Å². The van der Waals surface area contributed by atoms with Gasteiger partial charge in [-0.1, -0.05) is 184 Å². The Morgan fingerprint density at radius 3 is 1.67 bits per heavy atom. The Hall–Kier alpha value is -7.89.